The number of hydrogen-bond donors (Lipinski definition) is 2. The van der Waals surface area contributed by atoms with Gasteiger partial charge in [-0.2, -0.15) is 0 Å². The van der Waals surface area contributed by atoms with E-state index < -0.39 is 0 Å². The van der Waals surface area contributed by atoms with Gasteiger partial charge in [-0.05, 0) is 24.3 Å². The second-order valence-corrected chi connectivity index (χ2v) is 5.23. The van der Waals surface area contributed by atoms with Crippen LogP contribution in [0.15, 0.2) is 29.3 Å². The van der Waals surface area contributed by atoms with E-state index >= 15 is 0 Å². The zero-order valence-electron chi connectivity index (χ0n) is 12.3. The topological polar surface area (TPSA) is 66.1 Å². The van der Waals surface area contributed by atoms with Crippen LogP contribution in [0.5, 0.6) is 0 Å². The summed E-state index contributed by atoms with van der Waals surface area (Å²) in [5, 5.41) is 0.761. The number of benzene rings is 1. The summed E-state index contributed by atoms with van der Waals surface area (Å²) in [7, 11) is 1.66. The van der Waals surface area contributed by atoms with Crippen LogP contribution in [0.3, 0.4) is 0 Å². The number of hydrogen-bond acceptors (Lipinski definition) is 4. The van der Waals surface area contributed by atoms with Crippen molar-refractivity contribution >= 4 is 23.2 Å². The number of aliphatic imine (C=N–C) groups is 1. The maximum Gasteiger partial charge on any atom is 0.208 e. The van der Waals surface area contributed by atoms with Crippen molar-refractivity contribution in [3.63, 3.8) is 0 Å². The first kappa shape index (κ1) is 15.9. The van der Waals surface area contributed by atoms with Crippen LogP contribution in [0.1, 0.15) is 0 Å². The van der Waals surface area contributed by atoms with Gasteiger partial charge in [0.05, 0.1) is 13.2 Å². The molecule has 0 spiro atoms. The highest BCUT2D eigenvalue weighted by Crippen LogP contribution is 2.19. The molecule has 0 radical (unpaired) electrons. The minimum absolute atomic E-state index is 0.593. The molecular weight excluding hydrogens is 290 g/mol. The molecule has 1 heterocycles. The van der Waals surface area contributed by atoms with Crippen molar-refractivity contribution < 1.29 is 4.74 Å². The van der Waals surface area contributed by atoms with Crippen LogP contribution in [-0.2, 0) is 4.74 Å². The molecule has 1 aromatic rings. The summed E-state index contributed by atoms with van der Waals surface area (Å²) >= 11 is 5.92. The van der Waals surface area contributed by atoms with Gasteiger partial charge in [0.15, 0.2) is 0 Å². The molecule has 0 saturated carbocycles. The van der Waals surface area contributed by atoms with Gasteiger partial charge < -0.3 is 14.5 Å². The largest absolute Gasteiger partial charge is 0.383 e. The van der Waals surface area contributed by atoms with Crippen molar-refractivity contribution in [2.45, 2.75) is 0 Å². The quantitative estimate of drug-likeness (QED) is 0.285. The first-order valence-electron chi connectivity index (χ1n) is 7.00. The number of nitrogens with zero attached hydrogens (tertiary/aromatic N) is 3. The van der Waals surface area contributed by atoms with Crippen LogP contribution >= 0.6 is 11.6 Å². The highest BCUT2D eigenvalue weighted by Gasteiger charge is 2.19. The zero-order chi connectivity index (χ0) is 15.1. The third-order valence-corrected chi connectivity index (χ3v) is 3.71. The van der Waals surface area contributed by atoms with E-state index in [0.717, 1.165) is 37.2 Å². The van der Waals surface area contributed by atoms with E-state index in [1.165, 1.54) is 5.69 Å². The van der Waals surface area contributed by atoms with E-state index in [-0.39, 0.29) is 0 Å². The third-order valence-electron chi connectivity index (χ3n) is 3.46. The van der Waals surface area contributed by atoms with Crippen LogP contribution in [0.2, 0.25) is 5.02 Å². The smallest absolute Gasteiger partial charge is 0.208 e. The number of nitrogens with one attached hydrogen (secondary N) is 1. The van der Waals surface area contributed by atoms with Crippen LogP contribution in [-0.4, -0.2) is 57.3 Å². The molecule has 3 N–H and O–H groups in total. The Morgan fingerprint density at radius 2 is 1.95 bits per heavy atom. The van der Waals surface area contributed by atoms with E-state index in [0.29, 0.717) is 13.2 Å². The monoisotopic (exact) mass is 311 g/mol. The number of ether oxygens (including phenoxy) is 1. The number of methoxy groups -OCH3 is 1. The van der Waals surface area contributed by atoms with Gasteiger partial charge in [0.25, 0.3) is 0 Å². The van der Waals surface area contributed by atoms with E-state index in [4.69, 9.17) is 22.2 Å². The molecule has 0 aromatic heterocycles. The first-order valence-corrected chi connectivity index (χ1v) is 7.38. The van der Waals surface area contributed by atoms with Crippen LogP contribution < -0.4 is 16.2 Å². The summed E-state index contributed by atoms with van der Waals surface area (Å²) in [5.41, 5.74) is 3.87. The molecule has 0 bridgehead atoms. The molecule has 21 heavy (non-hydrogen) atoms. The molecule has 7 heteroatoms. The lowest BCUT2D eigenvalue weighted by Crippen LogP contribution is -2.54. The zero-order valence-corrected chi connectivity index (χ0v) is 13.0. The van der Waals surface area contributed by atoms with Crippen LogP contribution in [0.25, 0.3) is 0 Å². The average Bonchev–Trinajstić information content (AvgIpc) is 2.53. The Kier molecular flexibility index (Phi) is 6.10. The molecule has 116 valence electrons. The normalized spacial score (nSPS) is 16.2. The maximum absolute atomic E-state index is 5.92. The summed E-state index contributed by atoms with van der Waals surface area (Å²) in [6, 6.07) is 7.93. The minimum atomic E-state index is 0.593. The number of halogens is 1. The van der Waals surface area contributed by atoms with Crippen molar-refractivity contribution in [2.24, 2.45) is 10.8 Å². The molecule has 0 amide bonds. The molecule has 0 atom stereocenters. The third kappa shape index (κ3) is 4.49. The Morgan fingerprint density at radius 1 is 1.29 bits per heavy atom. The summed E-state index contributed by atoms with van der Waals surface area (Å²) in [4.78, 5) is 8.89. The van der Waals surface area contributed by atoms with Gasteiger partial charge in [0.1, 0.15) is 0 Å². The Bertz CT molecular complexity index is 457. The van der Waals surface area contributed by atoms with Gasteiger partial charge in [-0.25, -0.2) is 10.8 Å². The van der Waals surface area contributed by atoms with Crippen molar-refractivity contribution in [2.75, 3.05) is 51.3 Å². The van der Waals surface area contributed by atoms with E-state index in [2.05, 4.69) is 20.2 Å². The number of anilines is 1. The second-order valence-electron chi connectivity index (χ2n) is 4.79. The summed E-state index contributed by atoms with van der Waals surface area (Å²) < 4.78 is 5.00. The van der Waals surface area contributed by atoms with Crippen LogP contribution in [0, 0.1) is 0 Å². The van der Waals surface area contributed by atoms with Crippen molar-refractivity contribution in [3.05, 3.63) is 29.3 Å². The van der Waals surface area contributed by atoms with Crippen LogP contribution in [0.4, 0.5) is 5.69 Å². The molecule has 1 aliphatic rings. The van der Waals surface area contributed by atoms with Crippen molar-refractivity contribution in [1.82, 2.24) is 10.3 Å². The summed E-state index contributed by atoms with van der Waals surface area (Å²) in [6.45, 7) is 4.79. The van der Waals surface area contributed by atoms with Gasteiger partial charge >= 0.3 is 0 Å². The highest BCUT2D eigenvalue weighted by atomic mass is 35.5. The predicted octanol–water partition coefficient (Wildman–Crippen LogP) is 0.928. The number of hydrazine groups is 1. The number of piperazine rings is 1. The lowest BCUT2D eigenvalue weighted by molar-refractivity contribution is 0.207. The average molecular weight is 312 g/mol. The Hall–Kier alpha value is -1.50. The lowest BCUT2D eigenvalue weighted by atomic mass is 10.2. The SMILES string of the molecule is COCCN=C(NN)N1CCN(c2ccc(Cl)cc2)CC1. The number of rotatable bonds is 4. The fourth-order valence-corrected chi connectivity index (χ4v) is 2.43. The summed E-state index contributed by atoms with van der Waals surface area (Å²) in [6.07, 6.45) is 0. The minimum Gasteiger partial charge on any atom is -0.383 e. The number of nitrogens with two attached hydrogens (primary N) is 1. The van der Waals surface area contributed by atoms with E-state index in [1.807, 2.05) is 24.3 Å². The molecule has 2 rings (SSSR count). The van der Waals surface area contributed by atoms with Gasteiger partial charge in [0.2, 0.25) is 5.96 Å². The summed E-state index contributed by atoms with van der Waals surface area (Å²) in [5.74, 6) is 6.28. The van der Waals surface area contributed by atoms with E-state index in [1.54, 1.807) is 7.11 Å². The molecule has 0 aliphatic carbocycles. The first-order chi connectivity index (χ1) is 10.2. The Labute approximate surface area is 130 Å². The Morgan fingerprint density at radius 3 is 2.52 bits per heavy atom. The molecule has 0 unspecified atom stereocenters. The molecule has 6 nitrogen and oxygen atoms in total. The van der Waals surface area contributed by atoms with Gasteiger partial charge in [0, 0.05) is 44.0 Å². The molecule has 1 saturated heterocycles. The maximum atomic E-state index is 5.92. The fourth-order valence-electron chi connectivity index (χ4n) is 2.31. The van der Waals surface area contributed by atoms with Gasteiger partial charge in [-0.1, -0.05) is 11.6 Å². The fraction of sp³-hybridized carbons (Fsp3) is 0.500. The standard InChI is InChI=1S/C14H22ClN5O/c1-21-11-6-17-14(18-16)20-9-7-19(8-10-20)13-4-2-12(15)3-5-13/h2-5H,6-11,16H2,1H3,(H,17,18). The molecule has 1 aromatic carbocycles. The predicted molar refractivity (Wildman–Crippen MR) is 86.7 cm³/mol. The molecule has 1 fully saturated rings. The van der Waals surface area contributed by atoms with Crippen molar-refractivity contribution in [3.8, 4) is 0 Å². The van der Waals surface area contributed by atoms with Gasteiger partial charge in [-0.3, -0.25) is 5.43 Å². The van der Waals surface area contributed by atoms with E-state index in [9.17, 15) is 0 Å². The lowest BCUT2D eigenvalue weighted by Gasteiger charge is -2.37. The molecule has 1 aliphatic heterocycles. The van der Waals surface area contributed by atoms with Crippen molar-refractivity contribution in [1.29, 1.82) is 0 Å². The highest BCUT2D eigenvalue weighted by molar-refractivity contribution is 6.30. The Balaban J connectivity index is 1.89. The second kappa shape index (κ2) is 8.07. The molecular formula is C14H22ClN5O. The number of guanidine groups is 1. The van der Waals surface area contributed by atoms with Gasteiger partial charge in [-0.15, -0.1) is 0 Å².